The number of nitrogens with zero attached hydrogens (tertiary/aromatic N) is 3. The molecule has 1 amide bonds. The fourth-order valence-electron chi connectivity index (χ4n) is 3.89. The van der Waals surface area contributed by atoms with Crippen LogP contribution in [0.1, 0.15) is 18.1 Å². The number of nitrogens with one attached hydrogen (secondary N) is 2. The summed E-state index contributed by atoms with van der Waals surface area (Å²) in [4.78, 5) is 33.6. The third-order valence-corrected chi connectivity index (χ3v) is 5.73. The molecule has 0 unspecified atom stereocenters. The summed E-state index contributed by atoms with van der Waals surface area (Å²) in [6.45, 7) is 1.03. The highest BCUT2D eigenvalue weighted by Gasteiger charge is 2.34. The second-order valence-corrected chi connectivity index (χ2v) is 8.29. The number of pyridine rings is 1. The number of carbonyl (C=O) groups is 1. The van der Waals surface area contributed by atoms with Crippen molar-refractivity contribution in [3.05, 3.63) is 81.9 Å². The number of hydrogen-bond acceptors (Lipinski definition) is 6. The lowest BCUT2D eigenvalue weighted by Gasteiger charge is -2.16. The summed E-state index contributed by atoms with van der Waals surface area (Å²) >= 11 is 0. The summed E-state index contributed by atoms with van der Waals surface area (Å²) in [6, 6.07) is 12.5. The fraction of sp³-hybridized carbons (Fsp3) is 0.231. The second-order valence-electron chi connectivity index (χ2n) is 8.29. The Kier molecular flexibility index (Phi) is 7.60. The average molecular weight is 529 g/mol. The normalized spacial score (nSPS) is 11.4. The molecule has 0 aliphatic heterocycles. The molecule has 0 aliphatic rings. The minimum atomic E-state index is -4.73. The third kappa shape index (κ3) is 5.74. The van der Waals surface area contributed by atoms with Gasteiger partial charge in [-0.25, -0.2) is 14.4 Å². The zero-order valence-electron chi connectivity index (χ0n) is 20.4. The molecule has 2 aromatic carbocycles. The minimum absolute atomic E-state index is 0.0581. The Morgan fingerprint density at radius 3 is 2.45 bits per heavy atom. The van der Waals surface area contributed by atoms with Crippen LogP contribution in [0.5, 0.6) is 5.75 Å². The Morgan fingerprint density at radius 2 is 1.79 bits per heavy atom. The zero-order valence-corrected chi connectivity index (χ0v) is 20.4. The van der Waals surface area contributed by atoms with Gasteiger partial charge in [0.05, 0.1) is 12.7 Å². The first-order valence-electron chi connectivity index (χ1n) is 11.5. The second kappa shape index (κ2) is 10.9. The van der Waals surface area contributed by atoms with Crippen LogP contribution in [0.2, 0.25) is 0 Å². The van der Waals surface area contributed by atoms with Crippen LogP contribution >= 0.6 is 0 Å². The van der Waals surface area contributed by atoms with Crippen LogP contribution in [0.25, 0.3) is 22.4 Å². The number of halogens is 4. The molecule has 0 saturated heterocycles. The SMILES string of the molecule is COc1ccc(-c2nc3ccc(NCc4c(F)cccc4C(F)(F)F)nc3n(CCNC(C)=O)c2=O)cc1. The van der Waals surface area contributed by atoms with Crippen molar-refractivity contribution in [3.63, 3.8) is 0 Å². The number of anilines is 1. The number of amides is 1. The van der Waals surface area contributed by atoms with Crippen LogP contribution in [0, 0.1) is 5.82 Å². The number of hydrogen-bond donors (Lipinski definition) is 2. The van der Waals surface area contributed by atoms with Gasteiger partial charge in [0.15, 0.2) is 5.65 Å². The van der Waals surface area contributed by atoms with Crippen molar-refractivity contribution in [2.45, 2.75) is 26.2 Å². The molecule has 0 atom stereocenters. The Labute approximate surface area is 214 Å². The first-order chi connectivity index (χ1) is 18.1. The smallest absolute Gasteiger partial charge is 0.416 e. The molecule has 0 radical (unpaired) electrons. The predicted molar refractivity (Wildman–Crippen MR) is 133 cm³/mol. The van der Waals surface area contributed by atoms with Gasteiger partial charge in [-0.05, 0) is 48.5 Å². The summed E-state index contributed by atoms with van der Waals surface area (Å²) in [7, 11) is 1.52. The first-order valence-corrected chi connectivity index (χ1v) is 11.5. The molecule has 0 aliphatic carbocycles. The molecule has 2 aromatic heterocycles. The van der Waals surface area contributed by atoms with E-state index in [1.807, 2.05) is 0 Å². The Hall–Kier alpha value is -4.48. The van der Waals surface area contributed by atoms with Crippen molar-refractivity contribution >= 4 is 22.9 Å². The number of methoxy groups -OCH3 is 1. The van der Waals surface area contributed by atoms with Crippen molar-refractivity contribution < 1.29 is 27.1 Å². The van der Waals surface area contributed by atoms with E-state index in [4.69, 9.17) is 4.74 Å². The first kappa shape index (κ1) is 26.6. The maximum Gasteiger partial charge on any atom is 0.416 e. The predicted octanol–water partition coefficient (Wildman–Crippen LogP) is 4.37. The van der Waals surface area contributed by atoms with Gasteiger partial charge in [0.25, 0.3) is 5.56 Å². The van der Waals surface area contributed by atoms with Crippen LogP contribution in [0.3, 0.4) is 0 Å². The number of alkyl halides is 3. The molecular weight excluding hydrogens is 506 g/mol. The molecule has 0 fully saturated rings. The van der Waals surface area contributed by atoms with Crippen LogP contribution in [-0.2, 0) is 24.1 Å². The average Bonchev–Trinajstić information content (AvgIpc) is 2.88. The number of benzene rings is 2. The maximum atomic E-state index is 14.3. The van der Waals surface area contributed by atoms with Crippen LogP contribution in [0.4, 0.5) is 23.4 Å². The fourth-order valence-corrected chi connectivity index (χ4v) is 3.89. The Bertz CT molecular complexity index is 1540. The monoisotopic (exact) mass is 529 g/mol. The van der Waals surface area contributed by atoms with Crippen LogP contribution in [0.15, 0.2) is 59.4 Å². The zero-order chi connectivity index (χ0) is 27.4. The van der Waals surface area contributed by atoms with E-state index in [0.29, 0.717) is 16.8 Å². The molecule has 0 saturated carbocycles. The van der Waals surface area contributed by atoms with E-state index < -0.39 is 35.2 Å². The highest BCUT2D eigenvalue weighted by Crippen LogP contribution is 2.33. The van der Waals surface area contributed by atoms with Crippen molar-refractivity contribution in [2.24, 2.45) is 0 Å². The van der Waals surface area contributed by atoms with Gasteiger partial charge in [-0.3, -0.25) is 14.2 Å². The third-order valence-electron chi connectivity index (χ3n) is 5.73. The van der Waals surface area contributed by atoms with Crippen molar-refractivity contribution in [3.8, 4) is 17.0 Å². The van der Waals surface area contributed by atoms with E-state index >= 15 is 0 Å². The summed E-state index contributed by atoms with van der Waals surface area (Å²) in [5, 5.41) is 5.33. The standard InChI is InChI=1S/C26H23F4N5O3/c1-15(36)31-12-13-35-24-21(33-23(25(35)37)16-6-8-17(38-2)9-7-16)10-11-22(34-24)32-14-18-19(26(28,29)30)4-3-5-20(18)27/h3-11H,12-14H2,1-2H3,(H,31,36)(H,32,34). The van der Waals surface area contributed by atoms with Crippen molar-refractivity contribution in [2.75, 3.05) is 19.0 Å². The van der Waals surface area contributed by atoms with E-state index in [9.17, 15) is 27.2 Å². The molecule has 0 bridgehead atoms. The van der Waals surface area contributed by atoms with Crippen LogP contribution in [-0.4, -0.2) is 34.1 Å². The van der Waals surface area contributed by atoms with Crippen molar-refractivity contribution in [1.82, 2.24) is 19.9 Å². The molecule has 38 heavy (non-hydrogen) atoms. The maximum absolute atomic E-state index is 14.3. The Morgan fingerprint density at radius 1 is 1.05 bits per heavy atom. The molecule has 12 heteroatoms. The van der Waals surface area contributed by atoms with Crippen LogP contribution < -0.4 is 20.9 Å². The van der Waals surface area contributed by atoms with Gasteiger partial charge in [-0.15, -0.1) is 0 Å². The molecule has 2 N–H and O–H groups in total. The molecule has 4 rings (SSSR count). The molecule has 198 valence electrons. The topological polar surface area (TPSA) is 98.1 Å². The largest absolute Gasteiger partial charge is 0.497 e. The lowest BCUT2D eigenvalue weighted by Crippen LogP contribution is -2.31. The van der Waals surface area contributed by atoms with Gasteiger partial charge < -0.3 is 15.4 Å². The Balaban J connectivity index is 1.74. The molecule has 8 nitrogen and oxygen atoms in total. The number of carbonyl (C=O) groups excluding carboxylic acids is 1. The van der Waals surface area contributed by atoms with Crippen molar-refractivity contribution in [1.29, 1.82) is 0 Å². The summed E-state index contributed by atoms with van der Waals surface area (Å²) in [6.07, 6.45) is -4.73. The highest BCUT2D eigenvalue weighted by atomic mass is 19.4. The van der Waals surface area contributed by atoms with E-state index in [0.717, 1.165) is 18.2 Å². The lowest BCUT2D eigenvalue weighted by atomic mass is 10.1. The van der Waals surface area contributed by atoms with Gasteiger partial charge in [0.1, 0.15) is 28.6 Å². The van der Waals surface area contributed by atoms with E-state index in [2.05, 4.69) is 20.6 Å². The highest BCUT2D eigenvalue weighted by molar-refractivity contribution is 5.76. The molecule has 4 aromatic rings. The lowest BCUT2D eigenvalue weighted by molar-refractivity contribution is -0.138. The van der Waals surface area contributed by atoms with Gasteiger partial charge in [0, 0.05) is 37.7 Å². The summed E-state index contributed by atoms with van der Waals surface area (Å²) in [5.74, 6) is -0.583. The molecule has 2 heterocycles. The van der Waals surface area contributed by atoms with E-state index in [1.165, 1.54) is 24.7 Å². The van der Waals surface area contributed by atoms with Gasteiger partial charge >= 0.3 is 6.18 Å². The minimum Gasteiger partial charge on any atom is -0.497 e. The van der Waals surface area contributed by atoms with Gasteiger partial charge in [0.2, 0.25) is 5.91 Å². The van der Waals surface area contributed by atoms with Gasteiger partial charge in [-0.2, -0.15) is 13.2 Å². The number of aromatic nitrogens is 3. The quantitative estimate of drug-likeness (QED) is 0.329. The summed E-state index contributed by atoms with van der Waals surface area (Å²) < 4.78 is 60.8. The molecular formula is C26H23F4N5O3. The van der Waals surface area contributed by atoms with Gasteiger partial charge in [-0.1, -0.05) is 6.07 Å². The van der Waals surface area contributed by atoms with E-state index in [1.54, 1.807) is 30.3 Å². The number of rotatable bonds is 8. The summed E-state index contributed by atoms with van der Waals surface area (Å²) in [5.41, 5.74) is -0.968. The number of fused-ring (bicyclic) bond motifs is 1. The molecule has 0 spiro atoms. The number of ether oxygens (including phenoxy) is 1. The van der Waals surface area contributed by atoms with E-state index in [-0.39, 0.29) is 36.2 Å².